The molecule has 0 radical (unpaired) electrons. The zero-order valence-electron chi connectivity index (χ0n) is 14.7. The van der Waals surface area contributed by atoms with E-state index < -0.39 is 0 Å². The molecule has 1 aromatic heterocycles. The quantitative estimate of drug-likeness (QED) is 0.558. The predicted molar refractivity (Wildman–Crippen MR) is 113 cm³/mol. The van der Waals surface area contributed by atoms with Gasteiger partial charge in [0.1, 0.15) is 0 Å². The molecule has 0 spiro atoms. The average Bonchev–Trinajstić information content (AvgIpc) is 3.07. The molecule has 3 aromatic rings. The van der Waals surface area contributed by atoms with E-state index in [2.05, 4.69) is 81.5 Å². The normalized spacial score (nSPS) is 17.9. The molecule has 0 amide bonds. The Bertz CT molecular complexity index is 1090. The first-order valence-corrected chi connectivity index (χ1v) is 9.60. The van der Waals surface area contributed by atoms with E-state index in [0.717, 1.165) is 32.8 Å². The molecule has 4 nitrogen and oxygen atoms in total. The summed E-state index contributed by atoms with van der Waals surface area (Å²) in [6, 6.07) is 18.7. The van der Waals surface area contributed by atoms with Crippen molar-refractivity contribution in [2.75, 3.05) is 4.90 Å². The third-order valence-electron chi connectivity index (χ3n) is 4.81. The van der Waals surface area contributed by atoms with Crippen molar-refractivity contribution >= 4 is 39.7 Å². The van der Waals surface area contributed by atoms with Gasteiger partial charge in [0, 0.05) is 40.8 Å². The summed E-state index contributed by atoms with van der Waals surface area (Å²) in [5.41, 5.74) is 5.58. The second-order valence-electron chi connectivity index (χ2n) is 6.68. The van der Waals surface area contributed by atoms with E-state index in [4.69, 9.17) is 10.1 Å². The van der Waals surface area contributed by atoms with Crippen LogP contribution in [0.25, 0.3) is 6.08 Å². The van der Waals surface area contributed by atoms with E-state index in [-0.39, 0.29) is 6.04 Å². The van der Waals surface area contributed by atoms with Gasteiger partial charge in [0.2, 0.25) is 0 Å². The molecule has 5 rings (SSSR count). The highest BCUT2D eigenvalue weighted by Gasteiger charge is 2.29. The van der Waals surface area contributed by atoms with Crippen molar-refractivity contribution in [1.82, 2.24) is 9.78 Å². The highest BCUT2D eigenvalue weighted by molar-refractivity contribution is 9.10. The average molecular weight is 417 g/mol. The standard InChI is InChI=1S/C22H17BrN4/c1-26-14-17-11-16-13-24-20(15-5-3-2-4-6-15)12-21(16)27(22(17)25-26)19-9-7-18(23)8-10-19/h2-14,20H,1H3. The molecule has 0 saturated carbocycles. The Morgan fingerprint density at radius 2 is 1.78 bits per heavy atom. The van der Waals surface area contributed by atoms with E-state index in [0.29, 0.717) is 0 Å². The lowest BCUT2D eigenvalue weighted by molar-refractivity contribution is 0.764. The summed E-state index contributed by atoms with van der Waals surface area (Å²) in [5.74, 6) is 0.942. The Kier molecular flexibility index (Phi) is 3.83. The number of hydrogen-bond acceptors (Lipinski definition) is 3. The van der Waals surface area contributed by atoms with Gasteiger partial charge in [-0.2, -0.15) is 5.10 Å². The molecule has 0 saturated heterocycles. The maximum absolute atomic E-state index is 4.77. The van der Waals surface area contributed by atoms with Crippen LogP contribution in [0.2, 0.25) is 0 Å². The molecule has 1 unspecified atom stereocenters. The van der Waals surface area contributed by atoms with Gasteiger partial charge in [-0.3, -0.25) is 14.6 Å². The number of nitrogens with zero attached hydrogens (tertiary/aromatic N) is 4. The Morgan fingerprint density at radius 3 is 2.56 bits per heavy atom. The van der Waals surface area contributed by atoms with Gasteiger partial charge in [-0.05, 0) is 42.0 Å². The van der Waals surface area contributed by atoms with Crippen molar-refractivity contribution in [2.24, 2.45) is 12.0 Å². The van der Waals surface area contributed by atoms with E-state index in [1.54, 1.807) is 0 Å². The third-order valence-corrected chi connectivity index (χ3v) is 5.34. The van der Waals surface area contributed by atoms with E-state index in [1.807, 2.05) is 30.2 Å². The summed E-state index contributed by atoms with van der Waals surface area (Å²) in [6.07, 6.45) is 8.41. The molecule has 0 fully saturated rings. The molecule has 2 aromatic carbocycles. The van der Waals surface area contributed by atoms with Crippen molar-refractivity contribution in [3.8, 4) is 0 Å². The lowest BCUT2D eigenvalue weighted by atomic mass is 9.96. The molecule has 2 aliphatic rings. The van der Waals surface area contributed by atoms with Gasteiger partial charge in [-0.25, -0.2) is 0 Å². The van der Waals surface area contributed by atoms with Crippen molar-refractivity contribution < 1.29 is 0 Å². The SMILES string of the molecule is Cn1cc2c(n1)N(c1ccc(Br)cc1)C1=CC(c3ccccc3)N=CC1=C2. The van der Waals surface area contributed by atoms with Crippen molar-refractivity contribution in [3.05, 3.63) is 93.7 Å². The van der Waals surface area contributed by atoms with Crippen LogP contribution in [-0.4, -0.2) is 16.0 Å². The smallest absolute Gasteiger partial charge is 0.166 e. The Hall–Kier alpha value is -2.92. The monoisotopic (exact) mass is 416 g/mol. The van der Waals surface area contributed by atoms with Crippen LogP contribution in [0.4, 0.5) is 11.5 Å². The van der Waals surface area contributed by atoms with Crippen molar-refractivity contribution in [3.63, 3.8) is 0 Å². The molecular weight excluding hydrogens is 400 g/mol. The lowest BCUT2D eigenvalue weighted by Crippen LogP contribution is -2.25. The van der Waals surface area contributed by atoms with Gasteiger partial charge in [0.25, 0.3) is 0 Å². The first-order valence-electron chi connectivity index (χ1n) is 8.80. The van der Waals surface area contributed by atoms with Crippen molar-refractivity contribution in [2.45, 2.75) is 6.04 Å². The number of fused-ring (bicyclic) bond motifs is 2. The van der Waals surface area contributed by atoms with Crippen molar-refractivity contribution in [1.29, 1.82) is 0 Å². The Morgan fingerprint density at radius 1 is 1.00 bits per heavy atom. The van der Waals surface area contributed by atoms with Gasteiger partial charge < -0.3 is 0 Å². The number of hydrogen-bond donors (Lipinski definition) is 0. The number of aromatic nitrogens is 2. The number of halogens is 1. The summed E-state index contributed by atoms with van der Waals surface area (Å²) in [5, 5.41) is 4.72. The Labute approximate surface area is 166 Å². The minimum absolute atomic E-state index is 0.00145. The molecule has 0 N–H and O–H groups in total. The van der Waals surface area contributed by atoms with Gasteiger partial charge in [-0.15, -0.1) is 0 Å². The van der Waals surface area contributed by atoms with Crippen LogP contribution >= 0.6 is 15.9 Å². The summed E-state index contributed by atoms with van der Waals surface area (Å²) in [7, 11) is 1.95. The second-order valence-corrected chi connectivity index (χ2v) is 7.59. The molecule has 3 heterocycles. The fourth-order valence-corrected chi connectivity index (χ4v) is 3.83. The Balaban J connectivity index is 1.67. The second kappa shape index (κ2) is 6.35. The van der Waals surface area contributed by atoms with Crippen LogP contribution in [0.5, 0.6) is 0 Å². The molecule has 0 aliphatic carbocycles. The van der Waals surface area contributed by atoms with Gasteiger partial charge in [-0.1, -0.05) is 46.3 Å². The number of benzene rings is 2. The van der Waals surface area contributed by atoms with Crippen LogP contribution in [0.1, 0.15) is 17.2 Å². The van der Waals surface area contributed by atoms with E-state index in [1.165, 1.54) is 5.56 Å². The fraction of sp³-hybridized carbons (Fsp3) is 0.0909. The fourth-order valence-electron chi connectivity index (χ4n) is 3.57. The number of allylic oxidation sites excluding steroid dienone is 1. The number of aliphatic imine (C=N–C) groups is 1. The van der Waals surface area contributed by atoms with Crippen LogP contribution in [0.3, 0.4) is 0 Å². The van der Waals surface area contributed by atoms with Crippen LogP contribution in [0.15, 0.2) is 87.6 Å². The molecule has 2 aliphatic heterocycles. The van der Waals surface area contributed by atoms with Crippen LogP contribution < -0.4 is 4.90 Å². The van der Waals surface area contributed by atoms with Crippen LogP contribution in [-0.2, 0) is 7.05 Å². The largest absolute Gasteiger partial charge is 0.293 e. The molecule has 1 atom stereocenters. The van der Waals surface area contributed by atoms with E-state index in [9.17, 15) is 0 Å². The first-order chi connectivity index (χ1) is 13.2. The summed E-state index contributed by atoms with van der Waals surface area (Å²) in [6.45, 7) is 0. The molecule has 0 bridgehead atoms. The van der Waals surface area contributed by atoms with Gasteiger partial charge >= 0.3 is 0 Å². The molecule has 27 heavy (non-hydrogen) atoms. The third kappa shape index (κ3) is 2.84. The maximum Gasteiger partial charge on any atom is 0.166 e. The minimum atomic E-state index is 0.00145. The molecule has 132 valence electrons. The molecular formula is C22H17BrN4. The highest BCUT2D eigenvalue weighted by Crippen LogP contribution is 2.42. The maximum atomic E-state index is 4.77. The van der Waals surface area contributed by atoms with Gasteiger partial charge in [0.15, 0.2) is 5.82 Å². The lowest BCUT2D eigenvalue weighted by Gasteiger charge is -2.32. The highest BCUT2D eigenvalue weighted by atomic mass is 79.9. The summed E-state index contributed by atoms with van der Waals surface area (Å²) >= 11 is 3.53. The zero-order chi connectivity index (χ0) is 18.4. The summed E-state index contributed by atoms with van der Waals surface area (Å²) in [4.78, 5) is 7.00. The number of rotatable bonds is 2. The topological polar surface area (TPSA) is 33.4 Å². The number of dihydropyridines is 1. The molecule has 5 heteroatoms. The summed E-state index contributed by atoms with van der Waals surface area (Å²) < 4.78 is 2.92. The first kappa shape index (κ1) is 16.3. The zero-order valence-corrected chi connectivity index (χ0v) is 16.3. The minimum Gasteiger partial charge on any atom is -0.293 e. The van der Waals surface area contributed by atoms with Crippen LogP contribution in [0, 0.1) is 0 Å². The van der Waals surface area contributed by atoms with Gasteiger partial charge in [0.05, 0.1) is 11.7 Å². The predicted octanol–water partition coefficient (Wildman–Crippen LogP) is 5.43. The van der Waals surface area contributed by atoms with E-state index >= 15 is 0 Å². The number of anilines is 2. The number of aryl methyl sites for hydroxylation is 1.